The Hall–Kier alpha value is -3.72. The molecule has 0 aliphatic rings. The minimum atomic E-state index is 0.911. The van der Waals surface area contributed by atoms with Gasteiger partial charge in [0.25, 0.3) is 0 Å². The molecule has 7 rings (SSSR count). The van der Waals surface area contributed by atoms with Crippen LogP contribution in [0.1, 0.15) is 0 Å². The van der Waals surface area contributed by atoms with Crippen LogP contribution in [0.5, 0.6) is 0 Å². The summed E-state index contributed by atoms with van der Waals surface area (Å²) >= 11 is 0. The summed E-state index contributed by atoms with van der Waals surface area (Å²) in [7, 11) is 0. The van der Waals surface area contributed by atoms with Gasteiger partial charge in [0.15, 0.2) is 0 Å². The van der Waals surface area contributed by atoms with Crippen molar-refractivity contribution in [1.29, 1.82) is 0 Å². The number of aromatic amines is 1. The molecule has 3 heterocycles. The van der Waals surface area contributed by atoms with E-state index in [0.717, 1.165) is 65.7 Å². The van der Waals surface area contributed by atoms with Gasteiger partial charge in [-0.2, -0.15) is 0 Å². The first kappa shape index (κ1) is 13.5. The van der Waals surface area contributed by atoms with Crippen LogP contribution in [-0.4, -0.2) is 4.98 Å². The molecule has 0 aliphatic carbocycles. The highest BCUT2D eigenvalue weighted by Gasteiger charge is 2.14. The van der Waals surface area contributed by atoms with Crippen molar-refractivity contribution in [3.05, 3.63) is 72.8 Å². The molecule has 0 spiro atoms. The molecule has 3 heteroatoms. The molecule has 0 bridgehead atoms. The maximum Gasteiger partial charge on any atom is 0.136 e. The molecular weight excluding hydrogens is 334 g/mol. The lowest BCUT2D eigenvalue weighted by molar-refractivity contribution is 0.669. The van der Waals surface area contributed by atoms with E-state index in [4.69, 9.17) is 8.83 Å². The summed E-state index contributed by atoms with van der Waals surface area (Å²) in [6.45, 7) is 0. The SMILES string of the molecule is c1ccc2c(c1)oc1cc3c(cc12)[nH]c1cc2c(cc13)oc1ccccc12. The zero-order chi connectivity index (χ0) is 17.5. The Morgan fingerprint density at radius 3 is 1.44 bits per heavy atom. The molecule has 3 aromatic heterocycles. The van der Waals surface area contributed by atoms with E-state index in [1.165, 1.54) is 0 Å². The largest absolute Gasteiger partial charge is 0.456 e. The molecule has 0 atom stereocenters. The number of nitrogens with one attached hydrogen (secondary N) is 1. The van der Waals surface area contributed by atoms with Crippen LogP contribution in [0, 0.1) is 0 Å². The summed E-state index contributed by atoms with van der Waals surface area (Å²) < 4.78 is 12.2. The van der Waals surface area contributed by atoms with Crippen molar-refractivity contribution in [1.82, 2.24) is 4.98 Å². The maximum absolute atomic E-state index is 6.08. The second-order valence-electron chi connectivity index (χ2n) is 7.11. The lowest BCUT2D eigenvalue weighted by Gasteiger charge is -1.93. The van der Waals surface area contributed by atoms with Gasteiger partial charge in [-0.1, -0.05) is 36.4 Å². The van der Waals surface area contributed by atoms with Crippen LogP contribution in [0.2, 0.25) is 0 Å². The quantitative estimate of drug-likeness (QED) is 0.317. The first-order valence-electron chi connectivity index (χ1n) is 9.03. The Balaban J connectivity index is 1.64. The third kappa shape index (κ3) is 1.66. The van der Waals surface area contributed by atoms with Crippen LogP contribution in [0.4, 0.5) is 0 Å². The van der Waals surface area contributed by atoms with Crippen molar-refractivity contribution >= 4 is 65.7 Å². The zero-order valence-corrected chi connectivity index (χ0v) is 14.2. The second kappa shape index (κ2) is 4.51. The summed E-state index contributed by atoms with van der Waals surface area (Å²) in [6, 6.07) is 25.0. The number of fused-ring (bicyclic) bond motifs is 9. The van der Waals surface area contributed by atoms with Gasteiger partial charge in [0.1, 0.15) is 22.3 Å². The van der Waals surface area contributed by atoms with Crippen molar-refractivity contribution in [2.75, 3.05) is 0 Å². The fourth-order valence-electron chi connectivity index (χ4n) is 4.34. The van der Waals surface area contributed by atoms with Gasteiger partial charge in [-0.3, -0.25) is 0 Å². The van der Waals surface area contributed by atoms with Gasteiger partial charge in [0.05, 0.1) is 0 Å². The van der Waals surface area contributed by atoms with Crippen LogP contribution in [0.15, 0.2) is 81.6 Å². The van der Waals surface area contributed by atoms with E-state index in [1.807, 2.05) is 36.4 Å². The van der Waals surface area contributed by atoms with Crippen molar-refractivity contribution in [2.45, 2.75) is 0 Å². The second-order valence-corrected chi connectivity index (χ2v) is 7.11. The number of aromatic nitrogens is 1. The summed E-state index contributed by atoms with van der Waals surface area (Å²) in [5, 5.41) is 6.87. The number of benzene rings is 4. The third-order valence-corrected chi connectivity index (χ3v) is 5.59. The minimum Gasteiger partial charge on any atom is -0.456 e. The topological polar surface area (TPSA) is 42.1 Å². The number of H-pyrrole nitrogens is 1. The third-order valence-electron chi connectivity index (χ3n) is 5.59. The van der Waals surface area contributed by atoms with Crippen LogP contribution in [-0.2, 0) is 0 Å². The van der Waals surface area contributed by atoms with Gasteiger partial charge in [0.2, 0.25) is 0 Å². The Kier molecular flexibility index (Phi) is 2.25. The van der Waals surface area contributed by atoms with E-state index in [0.29, 0.717) is 0 Å². The molecular formula is C24H13NO2. The Morgan fingerprint density at radius 1 is 0.444 bits per heavy atom. The van der Waals surface area contributed by atoms with Gasteiger partial charge in [-0.15, -0.1) is 0 Å². The normalized spacial score (nSPS) is 12.4. The van der Waals surface area contributed by atoms with Gasteiger partial charge >= 0.3 is 0 Å². The Bertz CT molecular complexity index is 1550. The minimum absolute atomic E-state index is 0.911. The van der Waals surface area contributed by atoms with E-state index < -0.39 is 0 Å². The molecule has 0 radical (unpaired) electrons. The van der Waals surface area contributed by atoms with E-state index >= 15 is 0 Å². The highest BCUT2D eigenvalue weighted by Crippen LogP contribution is 2.38. The average molecular weight is 347 g/mol. The molecule has 0 saturated carbocycles. The maximum atomic E-state index is 6.08. The number of para-hydroxylation sites is 2. The van der Waals surface area contributed by atoms with E-state index in [1.54, 1.807) is 0 Å². The highest BCUT2D eigenvalue weighted by atomic mass is 16.3. The molecule has 0 saturated heterocycles. The van der Waals surface area contributed by atoms with Crippen LogP contribution >= 0.6 is 0 Å². The van der Waals surface area contributed by atoms with Gasteiger partial charge < -0.3 is 13.8 Å². The molecule has 27 heavy (non-hydrogen) atoms. The highest BCUT2D eigenvalue weighted by molar-refractivity contribution is 6.19. The standard InChI is InChI=1S/C24H13NO2/c1-3-7-21-13(5-1)17-9-19-15(11-23(17)26-21)16-12-24-18(10-20(16)25-19)14-6-2-4-8-22(14)27-24/h1-12,25H. The number of hydrogen-bond acceptors (Lipinski definition) is 2. The van der Waals surface area contributed by atoms with Crippen LogP contribution in [0.3, 0.4) is 0 Å². The van der Waals surface area contributed by atoms with Crippen molar-refractivity contribution in [3.63, 3.8) is 0 Å². The fraction of sp³-hybridized carbons (Fsp3) is 0. The summed E-state index contributed by atoms with van der Waals surface area (Å²) in [5.41, 5.74) is 5.89. The van der Waals surface area contributed by atoms with Crippen molar-refractivity contribution in [2.24, 2.45) is 0 Å². The molecule has 4 aromatic carbocycles. The van der Waals surface area contributed by atoms with Gasteiger partial charge in [-0.25, -0.2) is 0 Å². The lowest BCUT2D eigenvalue weighted by Crippen LogP contribution is -1.69. The summed E-state index contributed by atoms with van der Waals surface area (Å²) in [4.78, 5) is 3.59. The van der Waals surface area contributed by atoms with Gasteiger partial charge in [0, 0.05) is 43.4 Å². The molecule has 0 amide bonds. The molecule has 0 fully saturated rings. The molecule has 0 unspecified atom stereocenters. The van der Waals surface area contributed by atoms with Crippen LogP contribution < -0.4 is 0 Å². The monoisotopic (exact) mass is 347 g/mol. The first-order valence-corrected chi connectivity index (χ1v) is 9.03. The Labute approximate surface area is 152 Å². The van der Waals surface area contributed by atoms with Gasteiger partial charge in [-0.05, 0) is 36.4 Å². The fourth-order valence-corrected chi connectivity index (χ4v) is 4.34. The molecule has 1 N–H and O–H groups in total. The average Bonchev–Trinajstić information content (AvgIpc) is 3.35. The molecule has 3 nitrogen and oxygen atoms in total. The summed E-state index contributed by atoms with van der Waals surface area (Å²) in [5.74, 6) is 0. The molecule has 126 valence electrons. The zero-order valence-electron chi connectivity index (χ0n) is 14.2. The molecule has 7 aromatic rings. The predicted molar refractivity (Wildman–Crippen MR) is 110 cm³/mol. The first-order chi connectivity index (χ1) is 13.3. The Morgan fingerprint density at radius 2 is 0.926 bits per heavy atom. The van der Waals surface area contributed by atoms with E-state index in [2.05, 4.69) is 41.4 Å². The number of hydrogen-bond donors (Lipinski definition) is 1. The number of furan rings is 2. The van der Waals surface area contributed by atoms with E-state index in [-0.39, 0.29) is 0 Å². The summed E-state index contributed by atoms with van der Waals surface area (Å²) in [6.07, 6.45) is 0. The van der Waals surface area contributed by atoms with Crippen molar-refractivity contribution in [3.8, 4) is 0 Å². The molecule has 0 aliphatic heterocycles. The smallest absolute Gasteiger partial charge is 0.136 e. The number of rotatable bonds is 0. The predicted octanol–water partition coefficient (Wildman–Crippen LogP) is 7.12. The van der Waals surface area contributed by atoms with Crippen molar-refractivity contribution < 1.29 is 8.83 Å². The van der Waals surface area contributed by atoms with Crippen LogP contribution in [0.25, 0.3) is 65.7 Å². The lowest BCUT2D eigenvalue weighted by atomic mass is 10.1. The van der Waals surface area contributed by atoms with E-state index in [9.17, 15) is 0 Å².